The normalized spacial score (nSPS) is 11.7. The zero-order valence-corrected chi connectivity index (χ0v) is 16.1. The Balaban J connectivity index is 1.65. The summed E-state index contributed by atoms with van der Waals surface area (Å²) in [6.07, 6.45) is -2.13. The maximum absolute atomic E-state index is 13.3. The van der Waals surface area contributed by atoms with Gasteiger partial charge in [0, 0.05) is 17.5 Å². The van der Waals surface area contributed by atoms with E-state index in [-0.39, 0.29) is 12.0 Å². The predicted octanol–water partition coefficient (Wildman–Crippen LogP) is 5.25. The first-order chi connectivity index (χ1) is 14.0. The molecule has 0 amide bonds. The quantitative estimate of drug-likeness (QED) is 0.433. The standard InChI is InChI=1S/C21H17F3N4S/c22-21(23,24)17-8-2-1-6-15(17)10-11-19-26-27-20(18-9-3-4-12-25-18)28(19)14-16-7-5-13-29-16/h1-9,12-13H,10-11,14H2. The summed E-state index contributed by atoms with van der Waals surface area (Å²) >= 11 is 1.61. The van der Waals surface area contributed by atoms with Crippen molar-refractivity contribution < 1.29 is 13.2 Å². The molecule has 0 spiro atoms. The van der Waals surface area contributed by atoms with Crippen LogP contribution < -0.4 is 0 Å². The minimum absolute atomic E-state index is 0.223. The minimum atomic E-state index is -4.37. The Morgan fingerprint density at radius 3 is 2.45 bits per heavy atom. The molecule has 0 aliphatic heterocycles. The van der Waals surface area contributed by atoms with Crippen LogP contribution in [0.5, 0.6) is 0 Å². The number of pyridine rings is 1. The zero-order valence-electron chi connectivity index (χ0n) is 15.3. The Labute approximate surface area is 169 Å². The molecule has 3 heterocycles. The Bertz CT molecular complexity index is 1070. The van der Waals surface area contributed by atoms with Crippen molar-refractivity contribution in [2.45, 2.75) is 25.6 Å². The number of halogens is 3. The van der Waals surface area contributed by atoms with E-state index < -0.39 is 11.7 Å². The van der Waals surface area contributed by atoms with Gasteiger partial charge in [-0.3, -0.25) is 4.98 Å². The van der Waals surface area contributed by atoms with Crippen LogP contribution in [-0.2, 0) is 25.6 Å². The molecule has 0 aliphatic rings. The van der Waals surface area contributed by atoms with Crippen molar-refractivity contribution in [3.05, 3.63) is 88.0 Å². The highest BCUT2D eigenvalue weighted by Crippen LogP contribution is 2.32. The van der Waals surface area contributed by atoms with E-state index in [1.807, 2.05) is 40.3 Å². The number of aryl methyl sites for hydroxylation is 2. The second kappa shape index (κ2) is 8.16. The van der Waals surface area contributed by atoms with Crippen molar-refractivity contribution >= 4 is 11.3 Å². The molecule has 4 nitrogen and oxygen atoms in total. The molecule has 0 N–H and O–H groups in total. The highest BCUT2D eigenvalue weighted by atomic mass is 32.1. The van der Waals surface area contributed by atoms with Gasteiger partial charge in [-0.25, -0.2) is 0 Å². The van der Waals surface area contributed by atoms with Crippen LogP contribution in [0.15, 0.2) is 66.2 Å². The summed E-state index contributed by atoms with van der Waals surface area (Å²) in [4.78, 5) is 5.46. The molecular formula is C21H17F3N4S. The van der Waals surface area contributed by atoms with Gasteiger partial charge >= 0.3 is 6.18 Å². The van der Waals surface area contributed by atoms with E-state index in [1.54, 1.807) is 23.6 Å². The van der Waals surface area contributed by atoms with Crippen molar-refractivity contribution in [3.63, 3.8) is 0 Å². The van der Waals surface area contributed by atoms with Crippen LogP contribution in [0.25, 0.3) is 11.5 Å². The monoisotopic (exact) mass is 414 g/mol. The first-order valence-corrected chi connectivity index (χ1v) is 9.91. The topological polar surface area (TPSA) is 43.6 Å². The SMILES string of the molecule is FC(F)(F)c1ccccc1CCc1nnc(-c2ccccn2)n1Cc1cccs1. The first kappa shape index (κ1) is 19.3. The molecular weight excluding hydrogens is 397 g/mol. The van der Waals surface area contributed by atoms with E-state index in [0.29, 0.717) is 30.3 Å². The van der Waals surface area contributed by atoms with Crippen LogP contribution >= 0.6 is 11.3 Å². The number of alkyl halides is 3. The molecule has 0 unspecified atom stereocenters. The van der Waals surface area contributed by atoms with E-state index in [0.717, 1.165) is 10.9 Å². The molecule has 0 atom stereocenters. The Morgan fingerprint density at radius 1 is 0.897 bits per heavy atom. The number of hydrogen-bond donors (Lipinski definition) is 0. The largest absolute Gasteiger partial charge is 0.416 e. The lowest BCUT2D eigenvalue weighted by Gasteiger charge is -2.13. The molecule has 0 saturated heterocycles. The molecule has 0 bridgehead atoms. The summed E-state index contributed by atoms with van der Waals surface area (Å²) in [7, 11) is 0. The number of rotatable bonds is 6. The van der Waals surface area contributed by atoms with E-state index in [1.165, 1.54) is 12.1 Å². The van der Waals surface area contributed by atoms with Crippen LogP contribution in [0.2, 0.25) is 0 Å². The van der Waals surface area contributed by atoms with Crippen molar-refractivity contribution in [1.82, 2.24) is 19.7 Å². The number of thiophene rings is 1. The van der Waals surface area contributed by atoms with Gasteiger partial charge in [0.25, 0.3) is 0 Å². The fourth-order valence-electron chi connectivity index (χ4n) is 3.19. The van der Waals surface area contributed by atoms with Crippen molar-refractivity contribution in [1.29, 1.82) is 0 Å². The molecule has 0 aliphatic carbocycles. The van der Waals surface area contributed by atoms with Crippen LogP contribution in [0.3, 0.4) is 0 Å². The van der Waals surface area contributed by atoms with Crippen LogP contribution in [-0.4, -0.2) is 19.7 Å². The number of aromatic nitrogens is 4. The lowest BCUT2D eigenvalue weighted by molar-refractivity contribution is -0.138. The van der Waals surface area contributed by atoms with E-state index in [4.69, 9.17) is 0 Å². The third kappa shape index (κ3) is 4.37. The average molecular weight is 414 g/mol. The van der Waals surface area contributed by atoms with E-state index >= 15 is 0 Å². The third-order valence-electron chi connectivity index (χ3n) is 4.56. The summed E-state index contributed by atoms with van der Waals surface area (Å²) < 4.78 is 41.8. The molecule has 3 aromatic heterocycles. The maximum Gasteiger partial charge on any atom is 0.416 e. The molecule has 8 heteroatoms. The minimum Gasteiger partial charge on any atom is -0.304 e. The van der Waals surface area contributed by atoms with Gasteiger partial charge in [-0.2, -0.15) is 13.2 Å². The van der Waals surface area contributed by atoms with Gasteiger partial charge in [0.1, 0.15) is 11.5 Å². The Kier molecular flexibility index (Phi) is 5.44. The van der Waals surface area contributed by atoms with E-state index in [9.17, 15) is 13.2 Å². The van der Waals surface area contributed by atoms with Gasteiger partial charge in [-0.05, 0) is 41.6 Å². The number of nitrogens with zero attached hydrogens (tertiary/aromatic N) is 4. The smallest absolute Gasteiger partial charge is 0.304 e. The lowest BCUT2D eigenvalue weighted by Crippen LogP contribution is -2.11. The lowest BCUT2D eigenvalue weighted by atomic mass is 10.0. The molecule has 29 heavy (non-hydrogen) atoms. The van der Waals surface area contributed by atoms with E-state index in [2.05, 4.69) is 15.2 Å². The fourth-order valence-corrected chi connectivity index (χ4v) is 3.88. The molecule has 0 radical (unpaired) electrons. The van der Waals surface area contributed by atoms with Gasteiger partial charge < -0.3 is 4.57 Å². The van der Waals surface area contributed by atoms with Gasteiger partial charge in [0.15, 0.2) is 5.82 Å². The van der Waals surface area contributed by atoms with Gasteiger partial charge in [0.2, 0.25) is 0 Å². The number of benzene rings is 1. The fraction of sp³-hybridized carbons (Fsp3) is 0.190. The molecule has 148 valence electrons. The Hall–Kier alpha value is -3.00. The Morgan fingerprint density at radius 2 is 1.72 bits per heavy atom. The van der Waals surface area contributed by atoms with Crippen molar-refractivity contribution in [3.8, 4) is 11.5 Å². The summed E-state index contributed by atoms with van der Waals surface area (Å²) in [5.74, 6) is 1.24. The van der Waals surface area contributed by atoms with Gasteiger partial charge in [-0.15, -0.1) is 21.5 Å². The third-order valence-corrected chi connectivity index (χ3v) is 5.42. The molecule has 0 fully saturated rings. The second-order valence-corrected chi connectivity index (χ2v) is 7.51. The summed E-state index contributed by atoms with van der Waals surface area (Å²) in [5, 5.41) is 10.5. The molecule has 4 aromatic rings. The summed E-state index contributed by atoms with van der Waals surface area (Å²) in [6, 6.07) is 15.2. The van der Waals surface area contributed by atoms with Crippen LogP contribution in [0.1, 0.15) is 21.8 Å². The first-order valence-electron chi connectivity index (χ1n) is 9.03. The highest BCUT2D eigenvalue weighted by Gasteiger charge is 2.32. The van der Waals surface area contributed by atoms with Crippen LogP contribution in [0.4, 0.5) is 13.2 Å². The molecule has 0 saturated carbocycles. The summed E-state index contributed by atoms with van der Waals surface area (Å²) in [6.45, 7) is 0.548. The number of hydrogen-bond acceptors (Lipinski definition) is 4. The van der Waals surface area contributed by atoms with Crippen molar-refractivity contribution in [2.24, 2.45) is 0 Å². The maximum atomic E-state index is 13.3. The zero-order chi connectivity index (χ0) is 20.3. The molecule has 4 rings (SSSR count). The second-order valence-electron chi connectivity index (χ2n) is 6.48. The van der Waals surface area contributed by atoms with Crippen molar-refractivity contribution in [2.75, 3.05) is 0 Å². The predicted molar refractivity (Wildman–Crippen MR) is 106 cm³/mol. The summed E-state index contributed by atoms with van der Waals surface area (Å²) in [5.41, 5.74) is 0.331. The van der Waals surface area contributed by atoms with Crippen LogP contribution in [0, 0.1) is 0 Å². The average Bonchev–Trinajstić information content (AvgIpc) is 3.37. The highest BCUT2D eigenvalue weighted by molar-refractivity contribution is 7.09. The van der Waals surface area contributed by atoms with Gasteiger partial charge in [-0.1, -0.05) is 30.3 Å². The van der Waals surface area contributed by atoms with Gasteiger partial charge in [0.05, 0.1) is 12.1 Å². The molecule has 1 aromatic carbocycles.